The number of methoxy groups -OCH3 is 1. The van der Waals surface area contributed by atoms with Crippen molar-refractivity contribution in [1.29, 1.82) is 0 Å². The zero-order valence-electron chi connectivity index (χ0n) is 10.9. The maximum Gasteiger partial charge on any atom is 0.176 e. The van der Waals surface area contributed by atoms with Crippen molar-refractivity contribution in [2.75, 3.05) is 7.11 Å². The first kappa shape index (κ1) is 12.9. The van der Waals surface area contributed by atoms with Crippen LogP contribution in [-0.4, -0.2) is 23.2 Å². The molecule has 0 amide bonds. The summed E-state index contributed by atoms with van der Waals surface area (Å²) in [7, 11) is 3.34. The third-order valence-electron chi connectivity index (χ3n) is 2.98. The number of carbonyl (C=O) groups is 1. The fourth-order valence-corrected chi connectivity index (χ4v) is 2.59. The van der Waals surface area contributed by atoms with Gasteiger partial charge in [-0.15, -0.1) is 0 Å². The van der Waals surface area contributed by atoms with Crippen molar-refractivity contribution in [3.05, 3.63) is 34.4 Å². The molecule has 102 valence electrons. The van der Waals surface area contributed by atoms with Crippen molar-refractivity contribution in [3.8, 4) is 17.2 Å². The molecule has 0 bridgehead atoms. The number of nitrogens with zero attached hydrogens (tertiary/aromatic N) is 2. The standard InChI is InChI=1S/C14H11BrN2O3/c1-17-6-9(7-18)13(16-17)11-4-8-3-10(15)5-12(19-2)14(8)20-11/h3-7H,1-2H3. The van der Waals surface area contributed by atoms with E-state index in [1.54, 1.807) is 25.0 Å². The minimum atomic E-state index is 0.490. The van der Waals surface area contributed by atoms with Gasteiger partial charge in [-0.05, 0) is 18.2 Å². The van der Waals surface area contributed by atoms with Crippen molar-refractivity contribution in [3.63, 3.8) is 0 Å². The zero-order valence-corrected chi connectivity index (χ0v) is 12.5. The van der Waals surface area contributed by atoms with Gasteiger partial charge in [-0.3, -0.25) is 9.48 Å². The number of furan rings is 1. The second kappa shape index (κ2) is 4.79. The minimum Gasteiger partial charge on any atom is -0.493 e. The van der Waals surface area contributed by atoms with Gasteiger partial charge in [0.1, 0.15) is 5.69 Å². The quantitative estimate of drug-likeness (QED) is 0.688. The fraction of sp³-hybridized carbons (Fsp3) is 0.143. The summed E-state index contributed by atoms with van der Waals surface area (Å²) >= 11 is 3.42. The first-order chi connectivity index (χ1) is 9.62. The van der Waals surface area contributed by atoms with Gasteiger partial charge >= 0.3 is 0 Å². The van der Waals surface area contributed by atoms with Gasteiger partial charge < -0.3 is 9.15 Å². The van der Waals surface area contributed by atoms with Gasteiger partial charge in [0.2, 0.25) is 0 Å². The van der Waals surface area contributed by atoms with Crippen LogP contribution < -0.4 is 4.74 Å². The average Bonchev–Trinajstić information content (AvgIpc) is 3.00. The van der Waals surface area contributed by atoms with Crippen LogP contribution in [0.2, 0.25) is 0 Å². The zero-order chi connectivity index (χ0) is 14.3. The molecule has 0 aliphatic heterocycles. The lowest BCUT2D eigenvalue weighted by molar-refractivity contribution is 0.112. The molecule has 0 fully saturated rings. The third-order valence-corrected chi connectivity index (χ3v) is 3.44. The van der Waals surface area contributed by atoms with E-state index >= 15 is 0 Å². The van der Waals surface area contributed by atoms with Crippen LogP contribution in [0.1, 0.15) is 10.4 Å². The van der Waals surface area contributed by atoms with Crippen LogP contribution >= 0.6 is 15.9 Å². The van der Waals surface area contributed by atoms with Crippen LogP contribution in [0, 0.1) is 0 Å². The highest BCUT2D eigenvalue weighted by atomic mass is 79.9. The fourth-order valence-electron chi connectivity index (χ4n) is 2.14. The highest BCUT2D eigenvalue weighted by Gasteiger charge is 2.16. The molecule has 3 aromatic rings. The molecule has 0 atom stereocenters. The predicted octanol–water partition coefficient (Wildman–Crippen LogP) is 3.42. The molecule has 0 aliphatic rings. The number of aryl methyl sites for hydroxylation is 1. The molecule has 2 heterocycles. The average molecular weight is 335 g/mol. The summed E-state index contributed by atoms with van der Waals surface area (Å²) in [6.45, 7) is 0. The van der Waals surface area contributed by atoms with Gasteiger partial charge in [0.25, 0.3) is 0 Å². The molecule has 2 aromatic heterocycles. The molecule has 0 aliphatic carbocycles. The summed E-state index contributed by atoms with van der Waals surface area (Å²) in [4.78, 5) is 11.1. The second-order valence-electron chi connectivity index (χ2n) is 4.36. The number of carbonyl (C=O) groups excluding carboxylic acids is 1. The molecule has 0 radical (unpaired) electrons. The van der Waals surface area contributed by atoms with E-state index in [1.807, 2.05) is 18.2 Å². The van der Waals surface area contributed by atoms with Gasteiger partial charge in [0.15, 0.2) is 23.4 Å². The highest BCUT2D eigenvalue weighted by molar-refractivity contribution is 9.10. The smallest absolute Gasteiger partial charge is 0.176 e. The van der Waals surface area contributed by atoms with Gasteiger partial charge in [-0.1, -0.05) is 15.9 Å². The van der Waals surface area contributed by atoms with Crippen LogP contribution in [0.5, 0.6) is 5.75 Å². The highest BCUT2D eigenvalue weighted by Crippen LogP contribution is 2.36. The Balaban J connectivity index is 2.25. The van der Waals surface area contributed by atoms with Crippen LogP contribution in [0.15, 0.2) is 33.3 Å². The molecule has 5 nitrogen and oxygen atoms in total. The number of rotatable bonds is 3. The van der Waals surface area contributed by atoms with E-state index in [4.69, 9.17) is 9.15 Å². The third kappa shape index (κ3) is 2.02. The van der Waals surface area contributed by atoms with Crippen molar-refractivity contribution in [2.24, 2.45) is 7.05 Å². The first-order valence-corrected chi connectivity index (χ1v) is 6.68. The van der Waals surface area contributed by atoms with Crippen molar-refractivity contribution < 1.29 is 13.9 Å². The summed E-state index contributed by atoms with van der Waals surface area (Å²) < 4.78 is 13.6. The van der Waals surface area contributed by atoms with Gasteiger partial charge in [0, 0.05) is 23.1 Å². The molecule has 6 heteroatoms. The Morgan fingerprint density at radius 3 is 2.90 bits per heavy atom. The summed E-state index contributed by atoms with van der Waals surface area (Å²) in [6.07, 6.45) is 2.42. The molecular formula is C14H11BrN2O3. The molecule has 3 rings (SSSR count). The molecule has 0 saturated carbocycles. The Hall–Kier alpha value is -2.08. The Bertz CT molecular complexity index is 804. The molecule has 0 N–H and O–H groups in total. The van der Waals surface area contributed by atoms with Gasteiger partial charge in [-0.25, -0.2) is 0 Å². The maximum absolute atomic E-state index is 11.1. The van der Waals surface area contributed by atoms with Gasteiger partial charge in [-0.2, -0.15) is 5.10 Å². The summed E-state index contributed by atoms with van der Waals surface area (Å²) in [5.74, 6) is 1.17. The Morgan fingerprint density at radius 2 is 2.20 bits per heavy atom. The SMILES string of the molecule is COc1cc(Br)cc2cc(-c3nn(C)cc3C=O)oc12. The van der Waals surface area contributed by atoms with E-state index in [2.05, 4.69) is 21.0 Å². The number of aromatic nitrogens is 2. The molecule has 1 aromatic carbocycles. The number of ether oxygens (including phenoxy) is 1. The van der Waals surface area contributed by atoms with Crippen LogP contribution in [0.4, 0.5) is 0 Å². The topological polar surface area (TPSA) is 57.3 Å². The summed E-state index contributed by atoms with van der Waals surface area (Å²) in [6, 6.07) is 5.60. The van der Waals surface area contributed by atoms with E-state index in [9.17, 15) is 4.79 Å². The summed E-state index contributed by atoms with van der Waals surface area (Å²) in [5.41, 5.74) is 1.65. The van der Waals surface area contributed by atoms with Crippen LogP contribution in [0.25, 0.3) is 22.4 Å². The lowest BCUT2D eigenvalue weighted by Gasteiger charge is -2.00. The first-order valence-electron chi connectivity index (χ1n) is 5.88. The lowest BCUT2D eigenvalue weighted by Crippen LogP contribution is -1.86. The Labute approximate surface area is 123 Å². The van der Waals surface area contributed by atoms with Crippen LogP contribution in [-0.2, 0) is 7.05 Å². The number of hydrogen-bond donors (Lipinski definition) is 0. The maximum atomic E-state index is 11.1. The monoisotopic (exact) mass is 334 g/mol. The second-order valence-corrected chi connectivity index (χ2v) is 5.28. The van der Waals surface area contributed by atoms with E-state index < -0.39 is 0 Å². The molecular weight excluding hydrogens is 324 g/mol. The number of hydrogen-bond acceptors (Lipinski definition) is 4. The predicted molar refractivity (Wildman–Crippen MR) is 78.1 cm³/mol. The number of fused-ring (bicyclic) bond motifs is 1. The largest absolute Gasteiger partial charge is 0.493 e. The van der Waals surface area contributed by atoms with E-state index in [0.29, 0.717) is 28.4 Å². The van der Waals surface area contributed by atoms with E-state index in [-0.39, 0.29) is 0 Å². The van der Waals surface area contributed by atoms with Crippen molar-refractivity contribution in [2.45, 2.75) is 0 Å². The normalized spacial score (nSPS) is 10.9. The number of halogens is 1. The van der Waals surface area contributed by atoms with Crippen molar-refractivity contribution in [1.82, 2.24) is 9.78 Å². The molecule has 20 heavy (non-hydrogen) atoms. The van der Waals surface area contributed by atoms with Crippen molar-refractivity contribution >= 4 is 33.2 Å². The Kier molecular flexibility index (Phi) is 3.10. The van der Waals surface area contributed by atoms with Crippen LogP contribution in [0.3, 0.4) is 0 Å². The lowest BCUT2D eigenvalue weighted by atomic mass is 10.2. The molecule has 0 spiro atoms. The molecule has 0 saturated heterocycles. The molecule has 0 unspecified atom stereocenters. The van der Waals surface area contributed by atoms with E-state index in [0.717, 1.165) is 16.1 Å². The summed E-state index contributed by atoms with van der Waals surface area (Å²) in [5, 5.41) is 5.15. The number of aldehydes is 1. The Morgan fingerprint density at radius 1 is 1.40 bits per heavy atom. The number of benzene rings is 1. The van der Waals surface area contributed by atoms with Gasteiger partial charge in [0.05, 0.1) is 12.7 Å². The van der Waals surface area contributed by atoms with E-state index in [1.165, 1.54) is 0 Å². The minimum absolute atomic E-state index is 0.490.